The van der Waals surface area contributed by atoms with Crippen LogP contribution in [0.5, 0.6) is 0 Å². The van der Waals surface area contributed by atoms with Crippen LogP contribution < -0.4 is 11.5 Å². The Labute approximate surface area is 112 Å². The van der Waals surface area contributed by atoms with Crippen molar-refractivity contribution in [2.45, 2.75) is 31.8 Å². The average molecular weight is 261 g/mol. The van der Waals surface area contributed by atoms with Gasteiger partial charge < -0.3 is 16.4 Å². The van der Waals surface area contributed by atoms with E-state index in [-0.39, 0.29) is 5.91 Å². The van der Waals surface area contributed by atoms with E-state index in [1.807, 2.05) is 31.2 Å². The van der Waals surface area contributed by atoms with Crippen molar-refractivity contribution in [1.82, 2.24) is 4.90 Å². The number of likely N-dealkylation sites (tertiary alicyclic amines) is 1. The van der Waals surface area contributed by atoms with Gasteiger partial charge >= 0.3 is 0 Å². The summed E-state index contributed by atoms with van der Waals surface area (Å²) < 4.78 is 0. The highest BCUT2D eigenvalue weighted by Gasteiger charge is 2.35. The molecular formula is C14H19N3O2. The van der Waals surface area contributed by atoms with Crippen LogP contribution in [0.25, 0.3) is 0 Å². The number of amides is 2. The lowest BCUT2D eigenvalue weighted by atomic mass is 10.0. The van der Waals surface area contributed by atoms with E-state index < -0.39 is 18.0 Å². The maximum atomic E-state index is 12.3. The molecule has 0 bridgehead atoms. The van der Waals surface area contributed by atoms with Crippen LogP contribution in [-0.2, 0) is 9.59 Å². The van der Waals surface area contributed by atoms with Crippen molar-refractivity contribution in [3.63, 3.8) is 0 Å². The summed E-state index contributed by atoms with van der Waals surface area (Å²) in [6.07, 6.45) is 1.42. The molecule has 1 heterocycles. The van der Waals surface area contributed by atoms with E-state index in [0.717, 1.165) is 17.5 Å². The SMILES string of the molecule is Cc1ccc(C(N)C(=O)N2CCCC2C(N)=O)cc1. The zero-order valence-electron chi connectivity index (χ0n) is 11.0. The number of nitrogens with zero attached hydrogens (tertiary/aromatic N) is 1. The first kappa shape index (κ1) is 13.5. The van der Waals surface area contributed by atoms with Crippen molar-refractivity contribution in [3.05, 3.63) is 35.4 Å². The van der Waals surface area contributed by atoms with Gasteiger partial charge in [0, 0.05) is 6.54 Å². The molecular weight excluding hydrogens is 242 g/mol. The van der Waals surface area contributed by atoms with Crippen LogP contribution in [0.2, 0.25) is 0 Å². The first-order valence-corrected chi connectivity index (χ1v) is 6.42. The molecule has 4 N–H and O–H groups in total. The fourth-order valence-corrected chi connectivity index (χ4v) is 2.42. The van der Waals surface area contributed by atoms with Gasteiger partial charge in [0.05, 0.1) is 0 Å². The molecule has 1 fully saturated rings. The minimum absolute atomic E-state index is 0.231. The molecule has 0 spiro atoms. The van der Waals surface area contributed by atoms with Gasteiger partial charge in [-0.25, -0.2) is 0 Å². The predicted octanol–water partition coefficient (Wildman–Crippen LogP) is 0.471. The van der Waals surface area contributed by atoms with E-state index in [2.05, 4.69) is 0 Å². The van der Waals surface area contributed by atoms with Gasteiger partial charge in [-0.2, -0.15) is 0 Å². The van der Waals surface area contributed by atoms with Gasteiger partial charge in [0.15, 0.2) is 0 Å². The van der Waals surface area contributed by atoms with Crippen LogP contribution in [0.1, 0.15) is 30.0 Å². The van der Waals surface area contributed by atoms with Gasteiger partial charge in [0.2, 0.25) is 11.8 Å². The molecule has 0 radical (unpaired) electrons. The summed E-state index contributed by atoms with van der Waals surface area (Å²) in [7, 11) is 0. The molecule has 1 aromatic rings. The maximum absolute atomic E-state index is 12.3. The summed E-state index contributed by atoms with van der Waals surface area (Å²) in [6.45, 7) is 2.52. The van der Waals surface area contributed by atoms with Gasteiger partial charge in [0.1, 0.15) is 12.1 Å². The van der Waals surface area contributed by atoms with Gasteiger partial charge in [-0.05, 0) is 25.3 Å². The van der Waals surface area contributed by atoms with Crippen LogP contribution in [0.15, 0.2) is 24.3 Å². The van der Waals surface area contributed by atoms with Crippen molar-refractivity contribution < 1.29 is 9.59 Å². The number of nitrogens with two attached hydrogens (primary N) is 2. The second-order valence-electron chi connectivity index (χ2n) is 4.98. The molecule has 2 rings (SSSR count). The van der Waals surface area contributed by atoms with E-state index in [4.69, 9.17) is 11.5 Å². The van der Waals surface area contributed by atoms with Crippen molar-refractivity contribution in [2.75, 3.05) is 6.54 Å². The zero-order chi connectivity index (χ0) is 14.0. The van der Waals surface area contributed by atoms with E-state index in [1.54, 1.807) is 0 Å². The summed E-state index contributed by atoms with van der Waals surface area (Å²) in [5.74, 6) is -0.688. The molecule has 2 atom stereocenters. The Morgan fingerprint density at radius 3 is 2.53 bits per heavy atom. The van der Waals surface area contributed by atoms with E-state index in [1.165, 1.54) is 4.90 Å². The van der Waals surface area contributed by atoms with Crippen molar-refractivity contribution in [3.8, 4) is 0 Å². The summed E-state index contributed by atoms with van der Waals surface area (Å²) in [5, 5.41) is 0. The fourth-order valence-electron chi connectivity index (χ4n) is 2.42. The number of aryl methyl sites for hydroxylation is 1. The van der Waals surface area contributed by atoms with Crippen LogP contribution in [-0.4, -0.2) is 29.3 Å². The third-order valence-corrected chi connectivity index (χ3v) is 3.57. The first-order valence-electron chi connectivity index (χ1n) is 6.42. The lowest BCUT2D eigenvalue weighted by molar-refractivity contribution is -0.138. The number of rotatable bonds is 3. The van der Waals surface area contributed by atoms with Crippen LogP contribution in [0, 0.1) is 6.92 Å². The average Bonchev–Trinajstić information content (AvgIpc) is 2.87. The van der Waals surface area contributed by atoms with Crippen LogP contribution in [0.4, 0.5) is 0 Å². The number of hydrogen-bond donors (Lipinski definition) is 2. The van der Waals surface area contributed by atoms with Gasteiger partial charge in [-0.15, -0.1) is 0 Å². The largest absolute Gasteiger partial charge is 0.368 e. The first-order chi connectivity index (χ1) is 9.00. The Balaban J connectivity index is 2.14. The molecule has 1 aliphatic rings. The quantitative estimate of drug-likeness (QED) is 0.829. The molecule has 102 valence electrons. The number of carbonyl (C=O) groups is 2. The Kier molecular flexibility index (Phi) is 3.85. The third kappa shape index (κ3) is 2.76. The highest BCUT2D eigenvalue weighted by Crippen LogP contribution is 2.22. The van der Waals surface area contributed by atoms with Crippen molar-refractivity contribution in [2.24, 2.45) is 11.5 Å². The topological polar surface area (TPSA) is 89.4 Å². The highest BCUT2D eigenvalue weighted by atomic mass is 16.2. The van der Waals surface area contributed by atoms with Crippen LogP contribution >= 0.6 is 0 Å². The smallest absolute Gasteiger partial charge is 0.244 e. The molecule has 2 amide bonds. The molecule has 5 nitrogen and oxygen atoms in total. The molecule has 1 aromatic carbocycles. The van der Waals surface area contributed by atoms with E-state index >= 15 is 0 Å². The molecule has 1 saturated heterocycles. The summed E-state index contributed by atoms with van der Waals surface area (Å²) in [6, 6.07) is 6.26. The molecule has 0 aliphatic carbocycles. The Morgan fingerprint density at radius 2 is 1.95 bits per heavy atom. The second-order valence-corrected chi connectivity index (χ2v) is 4.98. The van der Waals surface area contributed by atoms with Crippen molar-refractivity contribution in [1.29, 1.82) is 0 Å². The standard InChI is InChI=1S/C14H19N3O2/c1-9-4-6-10(7-5-9)12(15)14(19)17-8-2-3-11(17)13(16)18/h4-7,11-12H,2-3,8,15H2,1H3,(H2,16,18). The maximum Gasteiger partial charge on any atom is 0.244 e. The fraction of sp³-hybridized carbons (Fsp3) is 0.429. The number of primary amides is 1. The second kappa shape index (κ2) is 5.40. The number of benzene rings is 1. The summed E-state index contributed by atoms with van der Waals surface area (Å²) in [5.41, 5.74) is 13.2. The van der Waals surface area contributed by atoms with Crippen molar-refractivity contribution >= 4 is 11.8 Å². The predicted molar refractivity (Wildman–Crippen MR) is 72.0 cm³/mol. The normalized spacial score (nSPS) is 20.3. The Hall–Kier alpha value is -1.88. The monoisotopic (exact) mass is 261 g/mol. The minimum atomic E-state index is -0.736. The van der Waals surface area contributed by atoms with E-state index in [0.29, 0.717) is 13.0 Å². The lowest BCUT2D eigenvalue weighted by Gasteiger charge is -2.25. The van der Waals surface area contributed by atoms with Gasteiger partial charge in [-0.3, -0.25) is 9.59 Å². The third-order valence-electron chi connectivity index (χ3n) is 3.57. The molecule has 0 aromatic heterocycles. The number of hydrogen-bond acceptors (Lipinski definition) is 3. The Bertz CT molecular complexity index is 484. The lowest BCUT2D eigenvalue weighted by Crippen LogP contribution is -2.47. The van der Waals surface area contributed by atoms with Gasteiger partial charge in [0.25, 0.3) is 0 Å². The van der Waals surface area contributed by atoms with Gasteiger partial charge in [-0.1, -0.05) is 29.8 Å². The molecule has 19 heavy (non-hydrogen) atoms. The zero-order valence-corrected chi connectivity index (χ0v) is 11.0. The molecule has 1 aliphatic heterocycles. The summed E-state index contributed by atoms with van der Waals surface area (Å²) >= 11 is 0. The Morgan fingerprint density at radius 1 is 1.32 bits per heavy atom. The highest BCUT2D eigenvalue weighted by molar-refractivity contribution is 5.90. The molecule has 5 heteroatoms. The summed E-state index contributed by atoms with van der Waals surface area (Å²) in [4.78, 5) is 25.2. The molecule has 2 unspecified atom stereocenters. The minimum Gasteiger partial charge on any atom is -0.368 e. The molecule has 0 saturated carbocycles. The van der Waals surface area contributed by atoms with Crippen LogP contribution in [0.3, 0.4) is 0 Å². The van der Waals surface area contributed by atoms with E-state index in [9.17, 15) is 9.59 Å². The number of carbonyl (C=O) groups excluding carboxylic acids is 2.